The first kappa shape index (κ1) is 28.3. The standard InChI is InChI=1S/C15H15NO2.C10H8O3S.2H2O/c1-16-10-4-3-5-13(16)8-6-12-7-9-15(18-2)14(17)11-12;11-14(12,13)10-6-5-8-3-1-2-4-9(8)7-10;;/h3-11H,1-2H3;1-7H,(H,11,12,13);2*1H2/b8-6+;;;. The largest absolute Gasteiger partial charge is 0.744 e. The molecule has 4 rings (SSSR count). The highest BCUT2D eigenvalue weighted by molar-refractivity contribution is 7.85. The predicted octanol–water partition coefficient (Wildman–Crippen LogP) is 2.49. The molecule has 0 unspecified atom stereocenters. The molecule has 0 bridgehead atoms. The van der Waals surface area contributed by atoms with Gasteiger partial charge in [0.15, 0.2) is 17.7 Å². The van der Waals surface area contributed by atoms with Crippen molar-refractivity contribution in [1.29, 1.82) is 0 Å². The van der Waals surface area contributed by atoms with E-state index in [-0.39, 0.29) is 21.6 Å². The number of pyridine rings is 1. The Hall–Kier alpha value is -3.76. The molecule has 180 valence electrons. The number of hydrogen-bond acceptors (Lipinski definition) is 5. The molecule has 0 atom stereocenters. The van der Waals surface area contributed by atoms with Gasteiger partial charge in [-0.2, -0.15) is 0 Å². The number of nitrogens with zero attached hydrogens (tertiary/aromatic N) is 1. The zero-order chi connectivity index (χ0) is 23.1. The third-order valence-corrected chi connectivity index (χ3v) is 5.59. The van der Waals surface area contributed by atoms with Crippen LogP contribution in [0.4, 0.5) is 0 Å². The van der Waals surface area contributed by atoms with Crippen molar-refractivity contribution >= 4 is 33.0 Å². The van der Waals surface area contributed by atoms with E-state index in [1.54, 1.807) is 30.3 Å². The summed E-state index contributed by atoms with van der Waals surface area (Å²) in [7, 11) is -0.817. The molecule has 0 saturated heterocycles. The van der Waals surface area contributed by atoms with Gasteiger partial charge in [0.2, 0.25) is 5.69 Å². The summed E-state index contributed by atoms with van der Waals surface area (Å²) in [5.74, 6) is 0.634. The lowest BCUT2D eigenvalue weighted by Gasteiger charge is -2.07. The first-order chi connectivity index (χ1) is 15.3. The second-order valence-corrected chi connectivity index (χ2v) is 8.34. The number of hydrogen-bond donors (Lipinski definition) is 1. The highest BCUT2D eigenvalue weighted by Gasteiger charge is 2.03. The van der Waals surface area contributed by atoms with Gasteiger partial charge < -0.3 is 25.3 Å². The minimum atomic E-state index is -4.34. The summed E-state index contributed by atoms with van der Waals surface area (Å²) in [6, 6.07) is 22.9. The number of fused-ring (bicyclic) bond motifs is 1. The third-order valence-electron chi connectivity index (χ3n) is 4.75. The Bertz CT molecular complexity index is 1370. The number of phenolic OH excluding ortho intramolecular Hbond substituents is 1. The second-order valence-electron chi connectivity index (χ2n) is 6.96. The van der Waals surface area contributed by atoms with Gasteiger partial charge in [-0.05, 0) is 52.7 Å². The van der Waals surface area contributed by atoms with E-state index in [1.165, 1.54) is 19.2 Å². The van der Waals surface area contributed by atoms with Crippen LogP contribution in [0, 0.1) is 0 Å². The first-order valence-electron chi connectivity index (χ1n) is 9.72. The van der Waals surface area contributed by atoms with E-state index in [9.17, 15) is 18.1 Å². The van der Waals surface area contributed by atoms with Gasteiger partial charge in [-0.3, -0.25) is 0 Å². The summed E-state index contributed by atoms with van der Waals surface area (Å²) in [5.41, 5.74) is 2.02. The molecule has 3 aromatic carbocycles. The summed E-state index contributed by atoms with van der Waals surface area (Å²) < 4.78 is 39.2. The molecule has 8 nitrogen and oxygen atoms in total. The summed E-state index contributed by atoms with van der Waals surface area (Å²) in [6.45, 7) is 0. The molecule has 34 heavy (non-hydrogen) atoms. The molecule has 5 N–H and O–H groups in total. The van der Waals surface area contributed by atoms with Gasteiger partial charge in [0.1, 0.15) is 17.2 Å². The molecule has 9 heteroatoms. The highest BCUT2D eigenvalue weighted by Crippen LogP contribution is 2.26. The Labute approximate surface area is 198 Å². The predicted molar refractivity (Wildman–Crippen MR) is 130 cm³/mol. The van der Waals surface area contributed by atoms with E-state index < -0.39 is 10.1 Å². The number of aromatic hydroxyl groups is 1. The fraction of sp³-hybridized carbons (Fsp3) is 0.0800. The van der Waals surface area contributed by atoms with Crippen LogP contribution in [0.15, 0.2) is 90.0 Å². The van der Waals surface area contributed by atoms with Crippen LogP contribution in [0.25, 0.3) is 22.9 Å². The molecule has 0 amide bonds. The summed E-state index contributed by atoms with van der Waals surface area (Å²) in [6.07, 6.45) is 5.95. The molecule has 0 aliphatic carbocycles. The van der Waals surface area contributed by atoms with E-state index >= 15 is 0 Å². The number of phenols is 1. The number of rotatable bonds is 4. The van der Waals surface area contributed by atoms with Crippen LogP contribution in [0.2, 0.25) is 0 Å². The summed E-state index contributed by atoms with van der Waals surface area (Å²) in [4.78, 5) is -0.184. The van der Waals surface area contributed by atoms with Gasteiger partial charge >= 0.3 is 0 Å². The monoisotopic (exact) mass is 485 g/mol. The normalized spacial score (nSPS) is 10.6. The van der Waals surface area contributed by atoms with E-state index in [0.29, 0.717) is 5.75 Å². The van der Waals surface area contributed by atoms with Crippen LogP contribution in [-0.4, -0.2) is 36.1 Å². The van der Waals surface area contributed by atoms with Crippen LogP contribution in [0.5, 0.6) is 11.5 Å². The van der Waals surface area contributed by atoms with Crippen molar-refractivity contribution in [3.63, 3.8) is 0 Å². The smallest absolute Gasteiger partial charge is 0.204 e. The van der Waals surface area contributed by atoms with Gasteiger partial charge in [0.25, 0.3) is 0 Å². The first-order valence-corrected chi connectivity index (χ1v) is 11.1. The molecule has 0 spiro atoms. The van der Waals surface area contributed by atoms with Crippen LogP contribution in [0.3, 0.4) is 0 Å². The molecule has 0 saturated carbocycles. The third kappa shape index (κ3) is 7.39. The SMILES string of the molecule is COc1ccc(/C=C/c2cccc[n+]2C)cc1O.O.O.O=S(=O)([O-])c1ccc2ccccc2c1. The maximum Gasteiger partial charge on any atom is 0.204 e. The maximum absolute atomic E-state index is 10.7. The molecule has 0 radical (unpaired) electrons. The lowest BCUT2D eigenvalue weighted by atomic mass is 10.1. The molecular formula is C25H27NO7S. The Morgan fingerprint density at radius 2 is 1.56 bits per heavy atom. The maximum atomic E-state index is 10.7. The zero-order valence-electron chi connectivity index (χ0n) is 18.7. The number of ether oxygens (including phenoxy) is 1. The Kier molecular flexibility index (Phi) is 10.4. The van der Waals surface area contributed by atoms with Crippen molar-refractivity contribution in [3.05, 3.63) is 96.3 Å². The molecule has 0 fully saturated rings. The average molecular weight is 486 g/mol. The fourth-order valence-corrected chi connectivity index (χ4v) is 3.53. The quantitative estimate of drug-likeness (QED) is 0.347. The fourth-order valence-electron chi connectivity index (χ4n) is 3.02. The van der Waals surface area contributed by atoms with Crippen molar-refractivity contribution in [2.45, 2.75) is 4.90 Å². The zero-order valence-corrected chi connectivity index (χ0v) is 19.5. The lowest BCUT2D eigenvalue weighted by molar-refractivity contribution is -0.673. The van der Waals surface area contributed by atoms with Crippen LogP contribution in [0.1, 0.15) is 11.3 Å². The Morgan fingerprint density at radius 3 is 2.18 bits per heavy atom. The van der Waals surface area contributed by atoms with Crippen molar-refractivity contribution < 1.29 is 38.3 Å². The van der Waals surface area contributed by atoms with E-state index in [4.69, 9.17) is 4.74 Å². The van der Waals surface area contributed by atoms with Gasteiger partial charge in [0, 0.05) is 18.2 Å². The van der Waals surface area contributed by atoms with Crippen LogP contribution >= 0.6 is 0 Å². The molecule has 1 heterocycles. The highest BCUT2D eigenvalue weighted by atomic mass is 32.2. The molecule has 0 aliphatic rings. The summed E-state index contributed by atoms with van der Waals surface area (Å²) >= 11 is 0. The summed E-state index contributed by atoms with van der Waals surface area (Å²) in [5, 5.41) is 11.3. The van der Waals surface area contributed by atoms with Crippen molar-refractivity contribution in [2.24, 2.45) is 7.05 Å². The molecule has 0 aliphatic heterocycles. The number of aryl methyl sites for hydroxylation is 1. The Morgan fingerprint density at radius 1 is 0.882 bits per heavy atom. The van der Waals surface area contributed by atoms with Crippen molar-refractivity contribution in [2.75, 3.05) is 7.11 Å². The minimum absolute atomic E-state index is 0. The second kappa shape index (κ2) is 12.5. The topological polar surface area (TPSA) is 154 Å². The molecule has 1 aromatic heterocycles. The number of benzene rings is 3. The van der Waals surface area contributed by atoms with Crippen molar-refractivity contribution in [1.82, 2.24) is 0 Å². The number of methoxy groups -OCH3 is 1. The van der Waals surface area contributed by atoms with Crippen LogP contribution in [-0.2, 0) is 17.2 Å². The van der Waals surface area contributed by atoms with Gasteiger partial charge in [-0.1, -0.05) is 36.4 Å². The molecule has 4 aromatic rings. The average Bonchev–Trinajstić information content (AvgIpc) is 2.78. The van der Waals surface area contributed by atoms with E-state index in [2.05, 4.69) is 0 Å². The van der Waals surface area contributed by atoms with Gasteiger partial charge in [-0.25, -0.2) is 13.0 Å². The Balaban J connectivity index is 0.000000329. The number of aromatic nitrogens is 1. The van der Waals surface area contributed by atoms with E-state index in [1.807, 2.05) is 66.4 Å². The van der Waals surface area contributed by atoms with Gasteiger partial charge in [0.05, 0.1) is 12.0 Å². The van der Waals surface area contributed by atoms with Crippen LogP contribution < -0.4 is 9.30 Å². The van der Waals surface area contributed by atoms with E-state index in [0.717, 1.165) is 22.0 Å². The lowest BCUT2D eigenvalue weighted by Crippen LogP contribution is -2.30. The minimum Gasteiger partial charge on any atom is -0.744 e. The molecular weight excluding hydrogens is 458 g/mol. The van der Waals surface area contributed by atoms with Crippen molar-refractivity contribution in [3.8, 4) is 11.5 Å². The van der Waals surface area contributed by atoms with Gasteiger partial charge in [-0.15, -0.1) is 0 Å².